The van der Waals surface area contributed by atoms with Crippen LogP contribution in [0.1, 0.15) is 44.1 Å². The quantitative estimate of drug-likeness (QED) is 0.912. The van der Waals surface area contributed by atoms with Crippen molar-refractivity contribution >= 4 is 11.8 Å². The molecule has 2 fully saturated rings. The lowest BCUT2D eigenvalue weighted by atomic mass is 9.98. The number of hydrogen-bond donors (Lipinski definition) is 1. The predicted octanol–water partition coefficient (Wildman–Crippen LogP) is 2.53. The van der Waals surface area contributed by atoms with E-state index in [0.29, 0.717) is 6.42 Å². The number of nitrogens with one attached hydrogen (secondary N) is 1. The highest BCUT2D eigenvalue weighted by Crippen LogP contribution is 2.31. The van der Waals surface area contributed by atoms with Gasteiger partial charge in [0, 0.05) is 19.1 Å². The van der Waals surface area contributed by atoms with Crippen LogP contribution in [0.4, 0.5) is 0 Å². The van der Waals surface area contributed by atoms with Crippen LogP contribution in [-0.2, 0) is 16.0 Å². The molecule has 1 saturated heterocycles. The zero-order chi connectivity index (χ0) is 16.1. The van der Waals surface area contributed by atoms with Gasteiger partial charge in [-0.15, -0.1) is 0 Å². The average molecular weight is 314 g/mol. The minimum Gasteiger partial charge on any atom is -0.356 e. The number of nitrogens with zero attached hydrogens (tertiary/aromatic N) is 1. The van der Waals surface area contributed by atoms with Crippen LogP contribution in [0, 0.1) is 5.92 Å². The minimum absolute atomic E-state index is 0.0205. The Bertz CT molecular complexity index is 544. The summed E-state index contributed by atoms with van der Waals surface area (Å²) in [5.41, 5.74) is 1.05. The fourth-order valence-electron chi connectivity index (χ4n) is 3.89. The van der Waals surface area contributed by atoms with Gasteiger partial charge in [0.2, 0.25) is 11.8 Å². The monoisotopic (exact) mass is 314 g/mol. The fraction of sp³-hybridized carbons (Fsp3) is 0.579. The lowest BCUT2D eigenvalue weighted by Gasteiger charge is -2.33. The summed E-state index contributed by atoms with van der Waals surface area (Å²) in [6.07, 6.45) is 6.43. The van der Waals surface area contributed by atoms with Gasteiger partial charge in [-0.3, -0.25) is 9.59 Å². The topological polar surface area (TPSA) is 49.4 Å². The van der Waals surface area contributed by atoms with Crippen LogP contribution in [0.15, 0.2) is 30.3 Å². The largest absolute Gasteiger partial charge is 0.356 e. The van der Waals surface area contributed by atoms with E-state index < -0.39 is 0 Å². The maximum absolute atomic E-state index is 12.9. The lowest BCUT2D eigenvalue weighted by molar-refractivity contribution is -0.136. The predicted molar refractivity (Wildman–Crippen MR) is 89.8 cm³/mol. The summed E-state index contributed by atoms with van der Waals surface area (Å²) in [6.45, 7) is 1.57. The Hall–Kier alpha value is -1.84. The summed E-state index contributed by atoms with van der Waals surface area (Å²) in [5.74, 6) is 0.293. The second-order valence-electron chi connectivity index (χ2n) is 6.71. The summed E-state index contributed by atoms with van der Waals surface area (Å²) >= 11 is 0. The molecule has 2 aliphatic rings. The Morgan fingerprint density at radius 2 is 1.91 bits per heavy atom. The highest BCUT2D eigenvalue weighted by atomic mass is 16.2. The molecule has 1 aromatic carbocycles. The van der Waals surface area contributed by atoms with Gasteiger partial charge in [-0.2, -0.15) is 0 Å². The Morgan fingerprint density at radius 3 is 2.74 bits per heavy atom. The first-order chi connectivity index (χ1) is 11.3. The van der Waals surface area contributed by atoms with Crippen LogP contribution in [0.5, 0.6) is 0 Å². The Labute approximate surface area is 138 Å². The Kier molecular flexibility index (Phi) is 5.31. The molecule has 0 spiro atoms. The number of amides is 2. The molecule has 23 heavy (non-hydrogen) atoms. The standard InChI is InChI=1S/C19H26N2O2/c22-18(14-15-8-3-1-4-9-15)21-13-6-2-5-12-20-19(23)16-10-7-11-17(16)21/h1,3-4,8-9,16-17H,2,5-7,10-14H2,(H,20,23). The summed E-state index contributed by atoms with van der Waals surface area (Å²) in [5, 5.41) is 3.06. The van der Waals surface area contributed by atoms with E-state index in [9.17, 15) is 9.59 Å². The number of rotatable bonds is 2. The molecule has 1 saturated carbocycles. The van der Waals surface area contributed by atoms with E-state index in [-0.39, 0.29) is 23.8 Å². The number of carbonyl (C=O) groups is 2. The van der Waals surface area contributed by atoms with Crippen LogP contribution in [0.2, 0.25) is 0 Å². The maximum atomic E-state index is 12.9. The van der Waals surface area contributed by atoms with Crippen molar-refractivity contribution in [1.82, 2.24) is 10.2 Å². The third-order valence-corrected chi connectivity index (χ3v) is 5.11. The molecule has 2 amide bonds. The second-order valence-corrected chi connectivity index (χ2v) is 6.71. The van der Waals surface area contributed by atoms with Gasteiger partial charge in [-0.25, -0.2) is 0 Å². The normalized spacial score (nSPS) is 25.6. The molecule has 2 atom stereocenters. The molecule has 3 rings (SSSR count). The van der Waals surface area contributed by atoms with Gasteiger partial charge in [0.05, 0.1) is 12.3 Å². The molecule has 0 aromatic heterocycles. The third-order valence-electron chi connectivity index (χ3n) is 5.11. The summed E-state index contributed by atoms with van der Waals surface area (Å²) < 4.78 is 0. The van der Waals surface area contributed by atoms with Crippen molar-refractivity contribution in [3.63, 3.8) is 0 Å². The third kappa shape index (κ3) is 3.92. The summed E-state index contributed by atoms with van der Waals surface area (Å²) in [6, 6.07) is 9.99. The first kappa shape index (κ1) is 16.0. The van der Waals surface area contributed by atoms with Gasteiger partial charge < -0.3 is 10.2 Å². The molecule has 1 aromatic rings. The van der Waals surface area contributed by atoms with Crippen LogP contribution in [-0.4, -0.2) is 35.8 Å². The molecule has 2 unspecified atom stereocenters. The minimum atomic E-state index is -0.0205. The van der Waals surface area contributed by atoms with Crippen LogP contribution in [0.25, 0.3) is 0 Å². The maximum Gasteiger partial charge on any atom is 0.227 e. The summed E-state index contributed by atoms with van der Waals surface area (Å²) in [4.78, 5) is 27.3. The van der Waals surface area contributed by atoms with E-state index in [4.69, 9.17) is 0 Å². The molecule has 0 radical (unpaired) electrons. The van der Waals surface area contributed by atoms with Crippen molar-refractivity contribution in [3.8, 4) is 0 Å². The van der Waals surface area contributed by atoms with Gasteiger partial charge in [-0.05, 0) is 37.7 Å². The van der Waals surface area contributed by atoms with Crippen molar-refractivity contribution in [1.29, 1.82) is 0 Å². The highest BCUT2D eigenvalue weighted by molar-refractivity contribution is 5.83. The fourth-order valence-corrected chi connectivity index (χ4v) is 3.89. The molecule has 124 valence electrons. The van der Waals surface area contributed by atoms with Crippen LogP contribution in [0.3, 0.4) is 0 Å². The van der Waals surface area contributed by atoms with E-state index >= 15 is 0 Å². The first-order valence-electron chi connectivity index (χ1n) is 8.87. The van der Waals surface area contributed by atoms with E-state index in [1.807, 2.05) is 35.2 Å². The number of hydrogen-bond acceptors (Lipinski definition) is 2. The number of fused-ring (bicyclic) bond motifs is 1. The van der Waals surface area contributed by atoms with Gasteiger partial charge in [0.15, 0.2) is 0 Å². The molecular weight excluding hydrogens is 288 g/mol. The zero-order valence-electron chi connectivity index (χ0n) is 13.7. The SMILES string of the molecule is O=C1NCCCCCN(C(=O)Cc2ccccc2)C2CCCC12. The van der Waals surface area contributed by atoms with Crippen molar-refractivity contribution in [3.05, 3.63) is 35.9 Å². The molecule has 1 aliphatic heterocycles. The van der Waals surface area contributed by atoms with Crippen LogP contribution < -0.4 is 5.32 Å². The van der Waals surface area contributed by atoms with E-state index in [0.717, 1.165) is 57.2 Å². The average Bonchev–Trinajstić information content (AvgIpc) is 3.04. The van der Waals surface area contributed by atoms with E-state index in [1.54, 1.807) is 0 Å². The number of benzene rings is 1. The smallest absolute Gasteiger partial charge is 0.227 e. The first-order valence-corrected chi connectivity index (χ1v) is 8.87. The summed E-state index contributed by atoms with van der Waals surface area (Å²) in [7, 11) is 0. The van der Waals surface area contributed by atoms with E-state index in [2.05, 4.69) is 5.32 Å². The molecule has 1 N–H and O–H groups in total. The van der Waals surface area contributed by atoms with Gasteiger partial charge in [-0.1, -0.05) is 36.8 Å². The molecule has 1 aliphatic carbocycles. The van der Waals surface area contributed by atoms with E-state index in [1.165, 1.54) is 0 Å². The van der Waals surface area contributed by atoms with Gasteiger partial charge in [0.25, 0.3) is 0 Å². The molecule has 1 heterocycles. The van der Waals surface area contributed by atoms with Gasteiger partial charge in [0.1, 0.15) is 0 Å². The molecular formula is C19H26N2O2. The lowest BCUT2D eigenvalue weighted by Crippen LogP contribution is -2.48. The molecule has 4 heteroatoms. The van der Waals surface area contributed by atoms with Crippen molar-refractivity contribution in [2.75, 3.05) is 13.1 Å². The molecule has 4 nitrogen and oxygen atoms in total. The van der Waals surface area contributed by atoms with Crippen LogP contribution >= 0.6 is 0 Å². The number of carbonyl (C=O) groups excluding carboxylic acids is 2. The molecule has 0 bridgehead atoms. The van der Waals surface area contributed by atoms with Crippen molar-refractivity contribution in [2.45, 2.75) is 51.0 Å². The highest BCUT2D eigenvalue weighted by Gasteiger charge is 2.38. The van der Waals surface area contributed by atoms with Gasteiger partial charge >= 0.3 is 0 Å². The Morgan fingerprint density at radius 1 is 1.09 bits per heavy atom. The van der Waals surface area contributed by atoms with Crippen molar-refractivity contribution in [2.24, 2.45) is 5.92 Å². The van der Waals surface area contributed by atoms with Crippen molar-refractivity contribution < 1.29 is 9.59 Å². The zero-order valence-corrected chi connectivity index (χ0v) is 13.7. The Balaban J connectivity index is 1.75. The second kappa shape index (κ2) is 7.62.